The van der Waals surface area contributed by atoms with Gasteiger partial charge in [0.25, 0.3) is 5.91 Å². The molecule has 0 aromatic heterocycles. The van der Waals surface area contributed by atoms with Gasteiger partial charge in [-0.25, -0.2) is 5.43 Å². The highest BCUT2D eigenvalue weighted by Crippen LogP contribution is 2.15. The summed E-state index contributed by atoms with van der Waals surface area (Å²) in [6, 6.07) is -9.14. The molecule has 0 radical (unpaired) electrons. The zero-order valence-electron chi connectivity index (χ0n) is 60.4. The smallest absolute Gasteiger partial charge is 0.305 e. The van der Waals surface area contributed by atoms with E-state index < -0.39 is 169 Å². The normalized spacial score (nSPS) is 22.8. The molecule has 42 nitrogen and oxygen atoms in total. The van der Waals surface area contributed by atoms with Crippen LogP contribution < -0.4 is 121 Å². The first kappa shape index (κ1) is 92.7. The number of nitrogens with two attached hydrogens (primary N) is 8. The minimum atomic E-state index is -1.90. The third-order valence-corrected chi connectivity index (χ3v) is 16.3. The lowest BCUT2D eigenvalue weighted by Crippen LogP contribution is -2.59. The molecule has 10 atom stereocenters. The van der Waals surface area contributed by atoms with Gasteiger partial charge in [-0.1, -0.05) is 39.8 Å². The number of Topliss-reactive ketones (excluding diaryl/α,β-unsaturated/α-hetero) is 2. The summed E-state index contributed by atoms with van der Waals surface area (Å²) >= 11 is 8.65. The average Bonchev–Trinajstić information content (AvgIpc) is 0.853. The van der Waals surface area contributed by atoms with Gasteiger partial charge in [0, 0.05) is 57.2 Å². The van der Waals surface area contributed by atoms with Crippen LogP contribution in [0.15, 0.2) is 44.2 Å². The van der Waals surface area contributed by atoms with Gasteiger partial charge >= 0.3 is 5.97 Å². The standard InChI is InChI=1S/C63H108N26O16S2/c1-32(2)23-40-53(99)79-29-48(93)83-41(24-33(3)4)57(103)87-43(26-49(94)95)54(100)80-27-46(91)81-38(11-7-19-76-62(68)69)55(101)86-42(25-34-13-15-35(90)16-14-34)58(104)84-36(9-5-17-74-60(64)65)50(96)51(97)44(30-106)72-21-22-73-45(31-107)59(105)89-88-39(12-8-20-77-63(70)71)56(102)85-37(10-6-18-75-61(66)67)52(98)78-28-47(92)82-40/h13-16,32-33,36-45,72-73,88,90,106-107H,5-12,17-31H2,1-4H3,(H,78,98)(H,79,99)(H,80,100)(H,81,91)(H,82,92)(H,83,93)(H,84,104)(H,85,102)(H,86,101)(H,87,103)(H,89,105)(H,94,95)(H4,64,65,74)(H4,66,67,75)(H4,68,69,76)(H4,70,71,77)/t36-,37-,38-,39-,40-,41-,42-,43-,44-,45-/m0/s1. The second-order valence-corrected chi connectivity index (χ2v) is 26.3. The molecule has 1 aromatic carbocycles. The van der Waals surface area contributed by atoms with Crippen molar-refractivity contribution in [2.75, 3.05) is 70.4 Å². The van der Waals surface area contributed by atoms with Crippen molar-refractivity contribution in [1.82, 2.24) is 74.7 Å². The Hall–Kier alpha value is -10.3. The number of phenolic OH excluding ortho intramolecular Hbond substituents is 1. The van der Waals surface area contributed by atoms with Crippen molar-refractivity contribution in [3.8, 4) is 5.75 Å². The first-order valence-corrected chi connectivity index (χ1v) is 35.8. The van der Waals surface area contributed by atoms with E-state index in [1.807, 2.05) is 0 Å². The third kappa shape index (κ3) is 39.0. The number of carboxylic acids is 1. The number of aliphatic carboxylic acids is 1. The van der Waals surface area contributed by atoms with Crippen molar-refractivity contribution < 1.29 is 77.3 Å². The molecule has 0 unspecified atom stereocenters. The van der Waals surface area contributed by atoms with Crippen molar-refractivity contribution in [2.24, 2.45) is 77.7 Å². The number of benzene rings is 1. The number of carboxylic acid groups (broad SMARTS) is 1. The number of rotatable bonds is 26. The SMILES string of the molecule is CC(C)C[C@@H]1NC(=O)CNC(=O)[C@H](CCCN=C(N)N)NC(=O)[C@H](CCCN=C(N)N)NNC(=O)[C@H](CS)NCCN[C@@H](CS)C(=O)C(=O)[C@H](CCCN=C(N)N)NC(=O)[C@H](Cc2ccc(O)cc2)NC(=O)[C@H](CCCN=C(N)N)NC(=O)CNC(=O)[C@H](CC(=O)O)NC(=O)[C@H](CC(C)C)NC(=O)CNC1=O. The molecule has 1 fully saturated rings. The molecule has 598 valence electrons. The van der Waals surface area contributed by atoms with Crippen LogP contribution in [0.2, 0.25) is 0 Å². The molecule has 32 N–H and O–H groups in total. The molecule has 0 aliphatic carbocycles. The number of carbonyl (C=O) groups excluding carboxylic acids is 13. The molecule has 1 aromatic rings. The molecule has 107 heavy (non-hydrogen) atoms. The zero-order chi connectivity index (χ0) is 80.3. The zero-order valence-corrected chi connectivity index (χ0v) is 62.2. The molecular formula is C63H108N26O16S2. The Balaban J connectivity index is 2.80. The third-order valence-electron chi connectivity index (χ3n) is 15.5. The van der Waals surface area contributed by atoms with Gasteiger partial charge in [-0.15, -0.1) is 0 Å². The number of carbonyl (C=O) groups is 14. The van der Waals surface area contributed by atoms with E-state index in [2.05, 4.69) is 120 Å². The number of amides is 11. The minimum Gasteiger partial charge on any atom is -0.508 e. The predicted molar refractivity (Wildman–Crippen MR) is 402 cm³/mol. The second kappa shape index (κ2) is 50.2. The summed E-state index contributed by atoms with van der Waals surface area (Å²) in [7, 11) is 0. The Morgan fingerprint density at radius 1 is 0.430 bits per heavy atom. The summed E-state index contributed by atoms with van der Waals surface area (Å²) in [5.41, 5.74) is 49.8. The summed E-state index contributed by atoms with van der Waals surface area (Å²) in [6.45, 7) is 4.06. The molecule has 1 saturated heterocycles. The van der Waals surface area contributed by atoms with Gasteiger partial charge in [-0.3, -0.25) is 92.5 Å². The maximum absolute atomic E-state index is 14.7. The molecule has 0 saturated carbocycles. The van der Waals surface area contributed by atoms with Gasteiger partial charge in [0.1, 0.15) is 48.0 Å². The fraction of sp³-hybridized carbons (Fsp3) is 0.619. The largest absolute Gasteiger partial charge is 0.508 e. The number of hydrogen-bond acceptors (Lipinski definition) is 24. The van der Waals surface area contributed by atoms with E-state index in [9.17, 15) is 77.3 Å². The Labute approximate surface area is 629 Å². The first-order valence-electron chi connectivity index (χ1n) is 34.5. The highest BCUT2D eigenvalue weighted by molar-refractivity contribution is 7.80. The van der Waals surface area contributed by atoms with E-state index in [0.717, 1.165) is 0 Å². The monoisotopic (exact) mass is 1550 g/mol. The number of nitrogens with zero attached hydrogens (tertiary/aromatic N) is 4. The van der Waals surface area contributed by atoms with E-state index in [1.165, 1.54) is 24.3 Å². The molecule has 44 heteroatoms. The van der Waals surface area contributed by atoms with Crippen LogP contribution in [0.25, 0.3) is 0 Å². The van der Waals surface area contributed by atoms with Crippen LogP contribution in [0.4, 0.5) is 0 Å². The number of aromatic hydroxyl groups is 1. The Morgan fingerprint density at radius 2 is 0.766 bits per heavy atom. The van der Waals surface area contributed by atoms with Crippen LogP contribution in [0.1, 0.15) is 104 Å². The number of nitrogens with one attached hydrogen (secondary N) is 14. The number of ketones is 2. The van der Waals surface area contributed by atoms with E-state index in [-0.39, 0.29) is 163 Å². The molecule has 11 amide bonds. The Kier molecular flexibility index (Phi) is 43.5. The summed E-state index contributed by atoms with van der Waals surface area (Å²) in [6.07, 6.45) is -1.85. The van der Waals surface area contributed by atoms with Crippen molar-refractivity contribution >= 4 is 132 Å². The molecule has 1 aliphatic rings. The van der Waals surface area contributed by atoms with Crippen LogP contribution >= 0.6 is 25.3 Å². The summed E-state index contributed by atoms with van der Waals surface area (Å²) in [5, 5.41) is 50.4. The van der Waals surface area contributed by atoms with E-state index in [0.29, 0.717) is 5.56 Å². The van der Waals surface area contributed by atoms with Crippen LogP contribution in [0.3, 0.4) is 0 Å². The molecule has 0 spiro atoms. The van der Waals surface area contributed by atoms with Crippen LogP contribution in [-0.4, -0.2) is 247 Å². The molecule has 1 heterocycles. The lowest BCUT2D eigenvalue weighted by molar-refractivity contribution is -0.141. The number of phenols is 1. The molecular weight excluding hydrogens is 1440 g/mol. The summed E-state index contributed by atoms with van der Waals surface area (Å²) < 4.78 is 0. The fourth-order valence-electron chi connectivity index (χ4n) is 10.2. The average molecular weight is 1550 g/mol. The second-order valence-electron chi connectivity index (χ2n) is 25.6. The van der Waals surface area contributed by atoms with Crippen molar-refractivity contribution in [2.45, 2.75) is 165 Å². The van der Waals surface area contributed by atoms with Gasteiger partial charge in [0.2, 0.25) is 70.6 Å². The molecule has 2 rings (SSSR count). The summed E-state index contributed by atoms with van der Waals surface area (Å²) in [5.74, 6) is -16.6. The number of hydrazine groups is 1. The lowest BCUT2D eigenvalue weighted by atomic mass is 9.98. The number of thiol groups is 2. The molecule has 0 bridgehead atoms. The Morgan fingerprint density at radius 3 is 1.21 bits per heavy atom. The predicted octanol–water partition coefficient (Wildman–Crippen LogP) is -9.62. The van der Waals surface area contributed by atoms with Crippen LogP contribution in [0, 0.1) is 11.8 Å². The fourth-order valence-corrected chi connectivity index (χ4v) is 10.8. The quantitative estimate of drug-likeness (QED) is 0.0135. The van der Waals surface area contributed by atoms with Gasteiger partial charge in [0.05, 0.1) is 44.2 Å². The van der Waals surface area contributed by atoms with Crippen molar-refractivity contribution in [3.63, 3.8) is 0 Å². The van der Waals surface area contributed by atoms with Crippen LogP contribution in [0.5, 0.6) is 5.75 Å². The highest BCUT2D eigenvalue weighted by atomic mass is 32.1. The maximum atomic E-state index is 14.7. The number of aliphatic imine (C=N–C) groups is 4. The van der Waals surface area contributed by atoms with Crippen molar-refractivity contribution in [1.29, 1.82) is 0 Å². The van der Waals surface area contributed by atoms with Gasteiger partial charge in [0.15, 0.2) is 23.8 Å². The molecule has 1 aliphatic heterocycles. The van der Waals surface area contributed by atoms with Gasteiger partial charge in [-0.05, 0) is 93.7 Å². The van der Waals surface area contributed by atoms with E-state index in [1.54, 1.807) is 27.7 Å². The van der Waals surface area contributed by atoms with E-state index >= 15 is 0 Å². The topological polar surface area (TPSA) is 705 Å². The first-order chi connectivity index (χ1) is 50.5. The number of hydrogen-bond donors (Lipinski definition) is 26. The van der Waals surface area contributed by atoms with Gasteiger partial charge in [-0.2, -0.15) is 25.3 Å². The summed E-state index contributed by atoms with van der Waals surface area (Å²) in [4.78, 5) is 210. The number of guanidine groups is 4. The lowest BCUT2D eigenvalue weighted by Gasteiger charge is -2.26. The highest BCUT2D eigenvalue weighted by Gasteiger charge is 2.36. The van der Waals surface area contributed by atoms with E-state index in [4.69, 9.17) is 45.9 Å². The Bertz CT molecular complexity index is 3280. The maximum Gasteiger partial charge on any atom is 0.305 e. The van der Waals surface area contributed by atoms with Crippen LogP contribution in [-0.2, 0) is 73.5 Å². The van der Waals surface area contributed by atoms with Gasteiger partial charge < -0.3 is 120 Å². The van der Waals surface area contributed by atoms with Crippen molar-refractivity contribution in [3.05, 3.63) is 29.8 Å². The minimum absolute atomic E-state index is 0.00374.